The molecule has 0 atom stereocenters. The fourth-order valence-corrected chi connectivity index (χ4v) is 3.72. The summed E-state index contributed by atoms with van der Waals surface area (Å²) in [6, 6.07) is 15.8. The fourth-order valence-electron chi connectivity index (χ4n) is 2.97. The molecule has 4 aromatic rings. The quantitative estimate of drug-likeness (QED) is 0.463. The molecule has 0 aliphatic rings. The average Bonchev–Trinajstić information content (AvgIpc) is 3.16. The molecule has 2 heterocycles. The number of carbonyl (C=O) groups is 1. The Morgan fingerprint density at radius 1 is 1.03 bits per heavy atom. The molecule has 30 heavy (non-hydrogen) atoms. The van der Waals surface area contributed by atoms with Crippen molar-refractivity contribution in [3.63, 3.8) is 0 Å². The van der Waals surface area contributed by atoms with Crippen LogP contribution in [-0.2, 0) is 0 Å². The monoisotopic (exact) mass is 428 g/mol. The Kier molecular flexibility index (Phi) is 5.21. The van der Waals surface area contributed by atoms with Crippen LogP contribution >= 0.6 is 11.8 Å². The number of fused-ring (bicyclic) bond motifs is 1. The molecular weight excluding hydrogens is 413 g/mol. The van der Waals surface area contributed by atoms with Gasteiger partial charge in [-0.3, -0.25) is 9.20 Å². The lowest BCUT2D eigenvalue weighted by Crippen LogP contribution is -2.11. The summed E-state index contributed by atoms with van der Waals surface area (Å²) in [5.74, 6) is -1.61. The third-order valence-corrected chi connectivity index (χ3v) is 5.39. The zero-order valence-electron chi connectivity index (χ0n) is 15.4. The summed E-state index contributed by atoms with van der Waals surface area (Å²) in [5, 5.41) is 0.189. The van der Waals surface area contributed by atoms with E-state index >= 15 is 0 Å². The van der Waals surface area contributed by atoms with Crippen molar-refractivity contribution in [2.24, 2.45) is 5.73 Å². The van der Waals surface area contributed by atoms with E-state index in [2.05, 4.69) is 9.97 Å². The number of primary amides is 1. The first-order valence-corrected chi connectivity index (χ1v) is 9.84. The Morgan fingerprint density at radius 2 is 1.73 bits per heavy atom. The molecule has 0 bridgehead atoms. The lowest BCUT2D eigenvalue weighted by Gasteiger charge is -2.11. The molecule has 2 N–H and O–H groups in total. The number of hydrogen-bond donors (Lipinski definition) is 1. The molecule has 0 spiro atoms. The van der Waals surface area contributed by atoms with Gasteiger partial charge in [0.15, 0.2) is 5.65 Å². The van der Waals surface area contributed by atoms with Gasteiger partial charge in [-0.25, -0.2) is 9.97 Å². The van der Waals surface area contributed by atoms with Crippen molar-refractivity contribution in [1.29, 1.82) is 0 Å². The first-order valence-electron chi connectivity index (χ1n) is 8.85. The maximum atomic E-state index is 12.8. The minimum absolute atomic E-state index is 0.189. The summed E-state index contributed by atoms with van der Waals surface area (Å²) in [6.45, 7) is 0. The van der Waals surface area contributed by atoms with Crippen LogP contribution in [0.5, 0.6) is 0 Å². The maximum absolute atomic E-state index is 12.8. The van der Waals surface area contributed by atoms with E-state index in [4.69, 9.17) is 5.73 Å². The standard InChI is InChI=1S/C21H15F3N4OS/c22-21(23,24)12-30-20-19-26-10-17(14-6-8-15(9-7-14)18(25)29)28(19)11-16(27-20)13-4-2-1-3-5-13/h1-11H,12H2,(H2,25,29). The highest BCUT2D eigenvalue weighted by Gasteiger charge is 2.28. The van der Waals surface area contributed by atoms with Gasteiger partial charge in [0.2, 0.25) is 5.91 Å². The topological polar surface area (TPSA) is 73.3 Å². The van der Waals surface area contributed by atoms with Crippen LogP contribution in [0.2, 0.25) is 0 Å². The lowest BCUT2D eigenvalue weighted by molar-refractivity contribution is -0.105. The summed E-state index contributed by atoms with van der Waals surface area (Å²) >= 11 is 0.600. The number of hydrogen-bond acceptors (Lipinski definition) is 4. The minimum atomic E-state index is -4.33. The van der Waals surface area contributed by atoms with Crippen LogP contribution in [0.15, 0.2) is 72.0 Å². The summed E-state index contributed by atoms with van der Waals surface area (Å²) < 4.78 is 40.2. The van der Waals surface area contributed by atoms with Gasteiger partial charge in [0.05, 0.1) is 23.3 Å². The third kappa shape index (κ3) is 4.16. The van der Waals surface area contributed by atoms with E-state index in [0.717, 1.165) is 11.1 Å². The number of imidazole rings is 1. The zero-order valence-corrected chi connectivity index (χ0v) is 16.2. The highest BCUT2D eigenvalue weighted by atomic mass is 32.2. The Morgan fingerprint density at radius 3 is 2.37 bits per heavy atom. The number of alkyl halides is 3. The van der Waals surface area contributed by atoms with E-state index in [1.54, 1.807) is 41.1 Å². The fraction of sp³-hybridized carbons (Fsp3) is 0.0952. The van der Waals surface area contributed by atoms with Gasteiger partial charge >= 0.3 is 6.18 Å². The van der Waals surface area contributed by atoms with E-state index in [1.807, 2.05) is 30.3 Å². The SMILES string of the molecule is NC(=O)c1ccc(-c2cnc3c(SCC(F)(F)F)nc(-c4ccccc4)cn23)cc1. The molecule has 1 amide bonds. The van der Waals surface area contributed by atoms with E-state index in [0.29, 0.717) is 34.4 Å². The number of aromatic nitrogens is 3. The van der Waals surface area contributed by atoms with Crippen LogP contribution in [0.3, 0.4) is 0 Å². The number of rotatable bonds is 5. The third-order valence-electron chi connectivity index (χ3n) is 4.37. The molecule has 5 nitrogen and oxygen atoms in total. The minimum Gasteiger partial charge on any atom is -0.366 e. The Labute approximate surface area is 173 Å². The molecule has 0 saturated carbocycles. The molecule has 9 heteroatoms. The highest BCUT2D eigenvalue weighted by Crippen LogP contribution is 2.32. The lowest BCUT2D eigenvalue weighted by atomic mass is 10.1. The van der Waals surface area contributed by atoms with Crippen molar-refractivity contribution in [1.82, 2.24) is 14.4 Å². The number of carbonyl (C=O) groups excluding carboxylic acids is 1. The molecule has 2 aromatic heterocycles. The van der Waals surface area contributed by atoms with Crippen molar-refractivity contribution in [2.75, 3.05) is 5.75 Å². The van der Waals surface area contributed by atoms with Gasteiger partial charge in [-0.2, -0.15) is 13.2 Å². The molecule has 0 fully saturated rings. The van der Waals surface area contributed by atoms with Crippen molar-refractivity contribution < 1.29 is 18.0 Å². The molecule has 4 rings (SSSR count). The van der Waals surface area contributed by atoms with Gasteiger partial charge in [-0.1, -0.05) is 54.2 Å². The normalized spacial score (nSPS) is 11.7. The second-order valence-electron chi connectivity index (χ2n) is 6.48. The van der Waals surface area contributed by atoms with Crippen molar-refractivity contribution in [2.45, 2.75) is 11.2 Å². The number of nitrogens with two attached hydrogens (primary N) is 1. The maximum Gasteiger partial charge on any atom is 0.398 e. The van der Waals surface area contributed by atoms with E-state index in [9.17, 15) is 18.0 Å². The molecule has 0 unspecified atom stereocenters. The van der Waals surface area contributed by atoms with Crippen LogP contribution in [0.25, 0.3) is 28.2 Å². The molecule has 2 aromatic carbocycles. The van der Waals surface area contributed by atoms with Crippen LogP contribution < -0.4 is 5.73 Å². The van der Waals surface area contributed by atoms with Crippen LogP contribution in [0.4, 0.5) is 13.2 Å². The Hall–Kier alpha value is -3.33. The van der Waals surface area contributed by atoms with Gasteiger partial charge in [0, 0.05) is 22.9 Å². The second-order valence-corrected chi connectivity index (χ2v) is 7.44. The van der Waals surface area contributed by atoms with Crippen molar-refractivity contribution in [3.05, 3.63) is 72.6 Å². The number of halogens is 3. The number of amides is 1. The van der Waals surface area contributed by atoms with E-state index < -0.39 is 17.8 Å². The summed E-state index contributed by atoms with van der Waals surface area (Å²) in [7, 11) is 0. The van der Waals surface area contributed by atoms with Crippen molar-refractivity contribution in [3.8, 4) is 22.5 Å². The number of nitrogens with zero attached hydrogens (tertiary/aromatic N) is 3. The van der Waals surface area contributed by atoms with Gasteiger partial charge in [-0.15, -0.1) is 0 Å². The first kappa shape index (κ1) is 20.0. The molecule has 0 saturated heterocycles. The molecular formula is C21H15F3N4OS. The molecule has 0 aliphatic heterocycles. The van der Waals surface area contributed by atoms with E-state index in [-0.39, 0.29) is 5.03 Å². The molecule has 0 aliphatic carbocycles. The summed E-state index contributed by atoms with van der Waals surface area (Å²) in [4.78, 5) is 20.1. The summed E-state index contributed by atoms with van der Waals surface area (Å²) in [5.41, 5.74) is 8.68. The van der Waals surface area contributed by atoms with Crippen molar-refractivity contribution >= 4 is 23.3 Å². The largest absolute Gasteiger partial charge is 0.398 e. The van der Waals surface area contributed by atoms with Crippen LogP contribution in [-0.4, -0.2) is 32.2 Å². The van der Waals surface area contributed by atoms with Gasteiger partial charge in [0.1, 0.15) is 5.03 Å². The zero-order chi connectivity index (χ0) is 21.3. The second kappa shape index (κ2) is 7.83. The predicted octanol–water partition coefficient (Wildman–Crippen LogP) is 4.82. The number of thioether (sulfide) groups is 1. The van der Waals surface area contributed by atoms with Gasteiger partial charge in [0.25, 0.3) is 0 Å². The number of benzene rings is 2. The summed E-state index contributed by atoms with van der Waals surface area (Å²) in [6.07, 6.45) is -1.01. The molecule has 0 radical (unpaired) electrons. The molecule has 152 valence electrons. The Balaban J connectivity index is 1.85. The van der Waals surface area contributed by atoms with Gasteiger partial charge in [-0.05, 0) is 12.1 Å². The van der Waals surface area contributed by atoms with Crippen LogP contribution in [0.1, 0.15) is 10.4 Å². The van der Waals surface area contributed by atoms with Crippen LogP contribution in [0, 0.1) is 0 Å². The average molecular weight is 428 g/mol. The smallest absolute Gasteiger partial charge is 0.366 e. The van der Waals surface area contributed by atoms with Gasteiger partial charge < -0.3 is 5.73 Å². The predicted molar refractivity (Wildman–Crippen MR) is 109 cm³/mol. The Bertz CT molecular complexity index is 1200. The first-order chi connectivity index (χ1) is 14.3. The van der Waals surface area contributed by atoms with E-state index in [1.165, 1.54) is 0 Å². The highest BCUT2D eigenvalue weighted by molar-refractivity contribution is 7.99.